The monoisotopic (exact) mass is 281 g/mol. The summed E-state index contributed by atoms with van der Waals surface area (Å²) in [4.78, 5) is 0. The second kappa shape index (κ2) is 5.90. The van der Waals surface area contributed by atoms with Crippen LogP contribution in [0.25, 0.3) is 11.1 Å². The summed E-state index contributed by atoms with van der Waals surface area (Å²) in [5.41, 5.74) is 6.26. The molecule has 2 nitrogen and oxygen atoms in total. The summed E-state index contributed by atoms with van der Waals surface area (Å²) in [5.74, 6) is 0.955. The number of benzene rings is 2. The van der Waals surface area contributed by atoms with E-state index in [1.54, 1.807) is 7.11 Å². The highest BCUT2D eigenvalue weighted by atomic mass is 16.5. The van der Waals surface area contributed by atoms with Crippen LogP contribution in [0.1, 0.15) is 29.5 Å². The van der Waals surface area contributed by atoms with Gasteiger partial charge in [-0.15, -0.1) is 0 Å². The van der Waals surface area contributed by atoms with Gasteiger partial charge in [-0.2, -0.15) is 0 Å². The molecule has 1 aliphatic rings. The van der Waals surface area contributed by atoms with Gasteiger partial charge in [-0.1, -0.05) is 30.3 Å². The molecule has 0 unspecified atom stereocenters. The smallest absolute Gasteiger partial charge is 0.127 e. The number of rotatable bonds is 5. The van der Waals surface area contributed by atoms with Crippen LogP contribution in [0.2, 0.25) is 0 Å². The number of ether oxygens (including phenoxy) is 1. The lowest BCUT2D eigenvalue weighted by Crippen LogP contribution is -2.15. The van der Waals surface area contributed by atoms with Crippen molar-refractivity contribution in [1.82, 2.24) is 5.32 Å². The molecule has 1 N–H and O–H groups in total. The van der Waals surface area contributed by atoms with Crippen molar-refractivity contribution in [3.63, 3.8) is 0 Å². The number of nitrogens with one attached hydrogen (secondary N) is 1. The molecule has 0 heterocycles. The number of methoxy groups -OCH3 is 1. The highest BCUT2D eigenvalue weighted by Gasteiger charge is 2.19. The molecule has 0 saturated heterocycles. The third-order valence-electron chi connectivity index (χ3n) is 4.08. The highest BCUT2D eigenvalue weighted by Crippen LogP contribution is 2.34. The lowest BCUT2D eigenvalue weighted by Gasteiger charge is -2.14. The van der Waals surface area contributed by atoms with E-state index in [-0.39, 0.29) is 0 Å². The summed E-state index contributed by atoms with van der Waals surface area (Å²) < 4.78 is 5.57. The van der Waals surface area contributed by atoms with Crippen molar-refractivity contribution >= 4 is 0 Å². The van der Waals surface area contributed by atoms with Crippen LogP contribution in [-0.2, 0) is 6.54 Å². The van der Waals surface area contributed by atoms with Crippen molar-refractivity contribution in [3.8, 4) is 16.9 Å². The Labute approximate surface area is 127 Å². The Hall–Kier alpha value is -1.80. The molecule has 110 valence electrons. The van der Waals surface area contributed by atoms with Gasteiger partial charge >= 0.3 is 0 Å². The molecule has 1 aliphatic carbocycles. The zero-order valence-electron chi connectivity index (χ0n) is 13.1. The molecule has 2 aromatic rings. The van der Waals surface area contributed by atoms with E-state index in [2.05, 4.69) is 55.6 Å². The Balaban J connectivity index is 1.85. The van der Waals surface area contributed by atoms with Crippen LogP contribution >= 0.6 is 0 Å². The van der Waals surface area contributed by atoms with Gasteiger partial charge in [0.25, 0.3) is 0 Å². The molecule has 21 heavy (non-hydrogen) atoms. The third-order valence-corrected chi connectivity index (χ3v) is 4.08. The summed E-state index contributed by atoms with van der Waals surface area (Å²) in [6.07, 6.45) is 2.66. The van der Waals surface area contributed by atoms with Crippen LogP contribution in [0.3, 0.4) is 0 Å². The first-order valence-electron chi connectivity index (χ1n) is 7.65. The fourth-order valence-corrected chi connectivity index (χ4v) is 2.80. The number of hydrogen-bond donors (Lipinski definition) is 1. The van der Waals surface area contributed by atoms with Gasteiger partial charge in [-0.3, -0.25) is 0 Å². The maximum Gasteiger partial charge on any atom is 0.127 e. The predicted molar refractivity (Wildman–Crippen MR) is 87.8 cm³/mol. The molecule has 0 bridgehead atoms. The van der Waals surface area contributed by atoms with E-state index in [4.69, 9.17) is 4.74 Å². The molecule has 0 aromatic heterocycles. The summed E-state index contributed by atoms with van der Waals surface area (Å²) >= 11 is 0. The van der Waals surface area contributed by atoms with E-state index in [9.17, 15) is 0 Å². The molecule has 0 atom stereocenters. The van der Waals surface area contributed by atoms with Gasteiger partial charge in [-0.05, 0) is 55.0 Å². The van der Waals surface area contributed by atoms with Gasteiger partial charge in [0.15, 0.2) is 0 Å². The summed E-state index contributed by atoms with van der Waals surface area (Å²) in [5, 5.41) is 3.55. The van der Waals surface area contributed by atoms with Crippen LogP contribution < -0.4 is 10.1 Å². The SMILES string of the molecule is COc1cc(C)cc(C)c1-c1ccc(CNC2CC2)cc1. The summed E-state index contributed by atoms with van der Waals surface area (Å²) in [7, 11) is 1.74. The average molecular weight is 281 g/mol. The van der Waals surface area contributed by atoms with Gasteiger partial charge in [0, 0.05) is 18.2 Å². The summed E-state index contributed by atoms with van der Waals surface area (Å²) in [6, 6.07) is 13.9. The maximum absolute atomic E-state index is 5.57. The fourth-order valence-electron chi connectivity index (χ4n) is 2.80. The Morgan fingerprint density at radius 2 is 1.81 bits per heavy atom. The van der Waals surface area contributed by atoms with E-state index < -0.39 is 0 Å². The predicted octanol–water partition coefficient (Wildman–Crippen LogP) is 4.23. The Kier molecular flexibility index (Phi) is 3.98. The van der Waals surface area contributed by atoms with Gasteiger partial charge in [0.1, 0.15) is 5.75 Å². The Morgan fingerprint density at radius 1 is 1.10 bits per heavy atom. The minimum Gasteiger partial charge on any atom is -0.496 e. The molecule has 1 saturated carbocycles. The minimum absolute atomic E-state index is 0.754. The molecular weight excluding hydrogens is 258 g/mol. The van der Waals surface area contributed by atoms with Gasteiger partial charge in [0.05, 0.1) is 7.11 Å². The first-order valence-corrected chi connectivity index (χ1v) is 7.65. The zero-order valence-corrected chi connectivity index (χ0v) is 13.1. The van der Waals surface area contributed by atoms with Crippen LogP contribution in [0.5, 0.6) is 5.75 Å². The molecule has 3 rings (SSSR count). The lowest BCUT2D eigenvalue weighted by atomic mass is 9.96. The molecule has 0 radical (unpaired) electrons. The van der Waals surface area contributed by atoms with E-state index >= 15 is 0 Å². The van der Waals surface area contributed by atoms with Crippen LogP contribution in [0, 0.1) is 13.8 Å². The maximum atomic E-state index is 5.57. The van der Waals surface area contributed by atoms with Crippen molar-refractivity contribution in [2.24, 2.45) is 0 Å². The Bertz CT molecular complexity index is 627. The van der Waals surface area contributed by atoms with Crippen molar-refractivity contribution in [2.45, 2.75) is 39.3 Å². The van der Waals surface area contributed by atoms with Gasteiger partial charge in [0.2, 0.25) is 0 Å². The van der Waals surface area contributed by atoms with E-state index in [0.29, 0.717) is 0 Å². The quantitative estimate of drug-likeness (QED) is 0.885. The van der Waals surface area contributed by atoms with Gasteiger partial charge < -0.3 is 10.1 Å². The topological polar surface area (TPSA) is 21.3 Å². The first kappa shape index (κ1) is 14.2. The molecule has 0 spiro atoms. The highest BCUT2D eigenvalue weighted by molar-refractivity contribution is 5.74. The van der Waals surface area contributed by atoms with Crippen molar-refractivity contribution < 1.29 is 4.74 Å². The molecule has 2 aromatic carbocycles. The van der Waals surface area contributed by atoms with Crippen LogP contribution in [0.4, 0.5) is 0 Å². The Morgan fingerprint density at radius 3 is 2.43 bits per heavy atom. The van der Waals surface area contributed by atoms with Crippen molar-refractivity contribution in [1.29, 1.82) is 0 Å². The molecular formula is C19H23NO. The molecule has 2 heteroatoms. The van der Waals surface area contributed by atoms with Crippen LogP contribution in [0.15, 0.2) is 36.4 Å². The average Bonchev–Trinajstić information content (AvgIpc) is 3.29. The second-order valence-electron chi connectivity index (χ2n) is 6.01. The van der Waals surface area contributed by atoms with Crippen LogP contribution in [-0.4, -0.2) is 13.2 Å². The zero-order chi connectivity index (χ0) is 14.8. The van der Waals surface area contributed by atoms with Gasteiger partial charge in [-0.25, -0.2) is 0 Å². The lowest BCUT2D eigenvalue weighted by molar-refractivity contribution is 0.416. The largest absolute Gasteiger partial charge is 0.496 e. The number of hydrogen-bond acceptors (Lipinski definition) is 2. The second-order valence-corrected chi connectivity index (χ2v) is 6.01. The normalized spacial score (nSPS) is 14.2. The third kappa shape index (κ3) is 3.27. The first-order chi connectivity index (χ1) is 10.2. The van der Waals surface area contributed by atoms with Crippen molar-refractivity contribution in [2.75, 3.05) is 7.11 Å². The van der Waals surface area contributed by atoms with Crippen molar-refractivity contribution in [3.05, 3.63) is 53.1 Å². The minimum atomic E-state index is 0.754. The fraction of sp³-hybridized carbons (Fsp3) is 0.368. The standard InChI is InChI=1S/C19H23NO/c1-13-10-14(2)19(18(11-13)21-3)16-6-4-15(5-7-16)12-20-17-8-9-17/h4-7,10-11,17,20H,8-9,12H2,1-3H3. The van der Waals surface area contributed by atoms with E-state index in [0.717, 1.165) is 18.3 Å². The summed E-state index contributed by atoms with van der Waals surface area (Å²) in [6.45, 7) is 5.22. The molecule has 1 fully saturated rings. The molecule has 0 amide bonds. The van der Waals surface area contributed by atoms with E-state index in [1.165, 1.54) is 40.7 Å². The van der Waals surface area contributed by atoms with E-state index in [1.807, 2.05) is 0 Å². The number of aryl methyl sites for hydroxylation is 2. The molecule has 0 aliphatic heterocycles.